The number of nitrogens with zero attached hydrogens (tertiary/aromatic N) is 1. The van der Waals surface area contributed by atoms with Crippen LogP contribution >= 0.6 is 0 Å². The highest BCUT2D eigenvalue weighted by Crippen LogP contribution is 2.31. The molecule has 2 N–H and O–H groups in total. The fourth-order valence-corrected chi connectivity index (χ4v) is 3.34. The molecule has 1 aromatic rings. The molecule has 29 heavy (non-hydrogen) atoms. The second-order valence-electron chi connectivity index (χ2n) is 7.03. The maximum absolute atomic E-state index is 12.7. The lowest BCUT2D eigenvalue weighted by Gasteiger charge is -2.28. The molecule has 0 heterocycles. The maximum atomic E-state index is 12.7. The number of benzene rings is 1. The van der Waals surface area contributed by atoms with Crippen LogP contribution in [0.1, 0.15) is 31.2 Å². The number of carbonyl (C=O) groups excluding carboxylic acids is 3. The third kappa shape index (κ3) is 6.48. The van der Waals surface area contributed by atoms with Crippen molar-refractivity contribution in [3.05, 3.63) is 61.2 Å². The monoisotopic (exact) mass is 399 g/mol. The average molecular weight is 399 g/mol. The van der Waals surface area contributed by atoms with Crippen LogP contribution < -0.4 is 10.6 Å². The van der Waals surface area contributed by atoms with E-state index in [4.69, 9.17) is 4.74 Å². The lowest BCUT2D eigenvalue weighted by molar-refractivity contribution is -0.157. The molecule has 1 aliphatic rings. The van der Waals surface area contributed by atoms with Gasteiger partial charge in [-0.3, -0.25) is 4.79 Å². The Hall–Kier alpha value is -3.09. The van der Waals surface area contributed by atoms with Crippen molar-refractivity contribution in [3.8, 4) is 0 Å². The minimum absolute atomic E-state index is 0.333. The summed E-state index contributed by atoms with van der Waals surface area (Å²) in [7, 11) is 0. The summed E-state index contributed by atoms with van der Waals surface area (Å²) in [5, 5.41) is 5.55. The highest BCUT2D eigenvalue weighted by atomic mass is 16.5. The van der Waals surface area contributed by atoms with Gasteiger partial charge in [0.1, 0.15) is 5.54 Å². The van der Waals surface area contributed by atoms with Gasteiger partial charge in [0.15, 0.2) is 6.61 Å². The van der Waals surface area contributed by atoms with Crippen LogP contribution in [0.5, 0.6) is 0 Å². The van der Waals surface area contributed by atoms with E-state index < -0.39 is 17.5 Å². The summed E-state index contributed by atoms with van der Waals surface area (Å²) in [6, 6.07) is 9.07. The second kappa shape index (κ2) is 11.0. The number of hydrogen-bond acceptors (Lipinski definition) is 4. The van der Waals surface area contributed by atoms with Gasteiger partial charge in [-0.2, -0.15) is 0 Å². The largest absolute Gasteiger partial charge is 0.454 e. The number of amides is 3. The minimum Gasteiger partial charge on any atom is -0.454 e. The van der Waals surface area contributed by atoms with Gasteiger partial charge in [0.2, 0.25) is 0 Å². The number of urea groups is 1. The molecule has 0 saturated heterocycles. The summed E-state index contributed by atoms with van der Waals surface area (Å²) in [4.78, 5) is 38.9. The van der Waals surface area contributed by atoms with Crippen LogP contribution in [0.2, 0.25) is 0 Å². The minimum atomic E-state index is -1.09. The highest BCUT2D eigenvalue weighted by Gasteiger charge is 2.44. The Morgan fingerprint density at radius 3 is 2.28 bits per heavy atom. The van der Waals surface area contributed by atoms with Crippen LogP contribution in [0.3, 0.4) is 0 Å². The van der Waals surface area contributed by atoms with E-state index in [-0.39, 0.29) is 12.5 Å². The summed E-state index contributed by atoms with van der Waals surface area (Å²) < 4.78 is 5.29. The first-order valence-corrected chi connectivity index (χ1v) is 9.77. The number of esters is 1. The SMILES string of the molecule is C=CCN(CC=C)C(=O)COC(=O)C1(NC(=O)NCc2ccccc2)CCCC1. The average Bonchev–Trinajstić information content (AvgIpc) is 3.20. The summed E-state index contributed by atoms with van der Waals surface area (Å²) in [5.74, 6) is -0.907. The molecule has 3 amide bonds. The first kappa shape index (κ1) is 22.2. The molecule has 0 bridgehead atoms. The van der Waals surface area contributed by atoms with Crippen molar-refractivity contribution in [2.45, 2.75) is 37.8 Å². The van der Waals surface area contributed by atoms with E-state index >= 15 is 0 Å². The predicted octanol–water partition coefficient (Wildman–Crippen LogP) is 2.54. The van der Waals surface area contributed by atoms with Crippen LogP contribution in [0.25, 0.3) is 0 Å². The van der Waals surface area contributed by atoms with E-state index in [0.29, 0.717) is 32.5 Å². The summed E-state index contributed by atoms with van der Waals surface area (Å²) in [6.07, 6.45) is 5.78. The molecule has 0 aromatic heterocycles. The molecule has 7 heteroatoms. The molecule has 0 unspecified atom stereocenters. The van der Waals surface area contributed by atoms with Crippen molar-refractivity contribution in [2.24, 2.45) is 0 Å². The van der Waals surface area contributed by atoms with E-state index in [9.17, 15) is 14.4 Å². The Labute approximate surface area is 171 Å². The summed E-state index contributed by atoms with van der Waals surface area (Å²) in [6.45, 7) is 7.89. The van der Waals surface area contributed by atoms with Gasteiger partial charge in [-0.05, 0) is 18.4 Å². The fourth-order valence-electron chi connectivity index (χ4n) is 3.34. The zero-order valence-electron chi connectivity index (χ0n) is 16.7. The molecule has 0 aliphatic heterocycles. The standard InChI is InChI=1S/C22H29N3O4/c1-3-14-25(15-4-2)19(26)17-29-20(27)22(12-8-9-13-22)24-21(28)23-16-18-10-6-5-7-11-18/h3-7,10-11H,1-2,8-9,12-17H2,(H2,23,24,28). The first-order chi connectivity index (χ1) is 14.0. The van der Waals surface area contributed by atoms with Crippen LogP contribution in [0, 0.1) is 0 Å². The Morgan fingerprint density at radius 2 is 1.69 bits per heavy atom. The summed E-state index contributed by atoms with van der Waals surface area (Å²) in [5.41, 5.74) is -0.135. The van der Waals surface area contributed by atoms with E-state index in [1.807, 2.05) is 30.3 Å². The Balaban J connectivity index is 1.91. The normalized spacial score (nSPS) is 14.5. The molecular weight excluding hydrogens is 370 g/mol. The first-order valence-electron chi connectivity index (χ1n) is 9.77. The van der Waals surface area contributed by atoms with Gasteiger partial charge in [0, 0.05) is 19.6 Å². The predicted molar refractivity (Wildman–Crippen MR) is 111 cm³/mol. The molecule has 7 nitrogen and oxygen atoms in total. The molecule has 156 valence electrons. The molecule has 0 atom stereocenters. The van der Waals surface area contributed by atoms with E-state index in [1.165, 1.54) is 4.90 Å². The van der Waals surface area contributed by atoms with Crippen molar-refractivity contribution >= 4 is 17.9 Å². The van der Waals surface area contributed by atoms with Crippen LogP contribution in [-0.2, 0) is 20.9 Å². The molecule has 1 aromatic carbocycles. The number of carbonyl (C=O) groups is 3. The van der Waals surface area contributed by atoms with Gasteiger partial charge in [-0.25, -0.2) is 9.59 Å². The van der Waals surface area contributed by atoms with Crippen molar-refractivity contribution in [3.63, 3.8) is 0 Å². The van der Waals surface area contributed by atoms with Crippen molar-refractivity contribution in [1.29, 1.82) is 0 Å². The third-order valence-corrected chi connectivity index (χ3v) is 4.87. The van der Waals surface area contributed by atoms with Crippen LogP contribution in [0.15, 0.2) is 55.6 Å². The van der Waals surface area contributed by atoms with Crippen molar-refractivity contribution < 1.29 is 19.1 Å². The smallest absolute Gasteiger partial charge is 0.332 e. The van der Waals surface area contributed by atoms with Gasteiger partial charge in [-0.1, -0.05) is 55.3 Å². The van der Waals surface area contributed by atoms with Crippen LogP contribution in [-0.4, -0.2) is 48.0 Å². The van der Waals surface area contributed by atoms with Gasteiger partial charge >= 0.3 is 12.0 Å². The highest BCUT2D eigenvalue weighted by molar-refractivity contribution is 5.89. The van der Waals surface area contributed by atoms with Crippen LogP contribution in [0.4, 0.5) is 4.79 Å². The van der Waals surface area contributed by atoms with Crippen molar-refractivity contribution in [2.75, 3.05) is 19.7 Å². The third-order valence-electron chi connectivity index (χ3n) is 4.87. The van der Waals surface area contributed by atoms with E-state index in [1.54, 1.807) is 12.2 Å². The second-order valence-corrected chi connectivity index (χ2v) is 7.03. The molecular formula is C22H29N3O4. The lowest BCUT2D eigenvalue weighted by atomic mass is 9.98. The molecule has 0 radical (unpaired) electrons. The Morgan fingerprint density at radius 1 is 1.07 bits per heavy atom. The lowest BCUT2D eigenvalue weighted by Crippen LogP contribution is -2.56. The number of rotatable bonds is 10. The fraction of sp³-hybridized carbons (Fsp3) is 0.409. The molecule has 0 spiro atoms. The van der Waals surface area contributed by atoms with E-state index in [0.717, 1.165) is 18.4 Å². The topological polar surface area (TPSA) is 87.7 Å². The van der Waals surface area contributed by atoms with Gasteiger partial charge in [0.25, 0.3) is 5.91 Å². The summed E-state index contributed by atoms with van der Waals surface area (Å²) >= 11 is 0. The number of ether oxygens (including phenoxy) is 1. The van der Waals surface area contributed by atoms with Gasteiger partial charge in [0.05, 0.1) is 0 Å². The van der Waals surface area contributed by atoms with Crippen molar-refractivity contribution in [1.82, 2.24) is 15.5 Å². The van der Waals surface area contributed by atoms with E-state index in [2.05, 4.69) is 23.8 Å². The zero-order chi connectivity index (χ0) is 21.1. The molecule has 1 fully saturated rings. The Kier molecular flexibility index (Phi) is 8.45. The molecule has 1 saturated carbocycles. The van der Waals surface area contributed by atoms with Gasteiger partial charge in [-0.15, -0.1) is 13.2 Å². The van der Waals surface area contributed by atoms with Gasteiger partial charge < -0.3 is 20.3 Å². The maximum Gasteiger partial charge on any atom is 0.332 e. The molecule has 1 aliphatic carbocycles. The Bertz CT molecular complexity index is 717. The molecule has 2 rings (SSSR count). The quantitative estimate of drug-likeness (QED) is 0.468. The number of nitrogens with one attached hydrogen (secondary N) is 2. The zero-order valence-corrected chi connectivity index (χ0v) is 16.7. The number of hydrogen-bond donors (Lipinski definition) is 2.